The Morgan fingerprint density at radius 1 is 0.784 bits per heavy atom. The molecule has 0 saturated heterocycles. The monoisotopic (exact) mass is 490 g/mol. The molecule has 1 heterocycles. The number of hydrogen-bond donors (Lipinski definition) is 0. The van der Waals surface area contributed by atoms with Gasteiger partial charge in [-0.1, -0.05) is 114 Å². The van der Waals surface area contributed by atoms with Crippen LogP contribution in [0.5, 0.6) is 0 Å². The molecular formula is C34H38N2O. The summed E-state index contributed by atoms with van der Waals surface area (Å²) in [6, 6.07) is 28.6. The first kappa shape index (κ1) is 25.3. The fraction of sp³-hybridized carbons (Fsp3) is 0.412. The van der Waals surface area contributed by atoms with Gasteiger partial charge in [0.2, 0.25) is 5.90 Å². The van der Waals surface area contributed by atoms with E-state index >= 15 is 0 Å². The van der Waals surface area contributed by atoms with Crippen molar-refractivity contribution in [2.24, 2.45) is 10.4 Å². The lowest BCUT2D eigenvalue weighted by molar-refractivity contribution is 0.185. The number of fused-ring (bicyclic) bond motifs is 3. The van der Waals surface area contributed by atoms with Gasteiger partial charge in [0.1, 0.15) is 17.6 Å². The van der Waals surface area contributed by atoms with Crippen molar-refractivity contribution >= 4 is 5.90 Å². The van der Waals surface area contributed by atoms with Crippen LogP contribution in [0.4, 0.5) is 0 Å². The Balaban J connectivity index is 1.51. The first-order chi connectivity index (χ1) is 17.5. The molecule has 37 heavy (non-hydrogen) atoms. The third kappa shape index (κ3) is 4.95. The standard InChI is InChI=1S/C34H38N2O/c1-32(2,3)26-15-11-23(12-16-26)20-34(22-35,21-24-13-17-27(18-14-24)33(4,5)6)31-36-30-28-10-8-7-9-25(28)19-29(30)37-31/h7-18,29-30H,19-21H2,1-6H3/t29-,30+/m1/s1. The summed E-state index contributed by atoms with van der Waals surface area (Å²) < 4.78 is 6.55. The van der Waals surface area contributed by atoms with E-state index in [1.165, 1.54) is 22.3 Å². The molecular weight excluding hydrogens is 452 g/mol. The van der Waals surface area contributed by atoms with Crippen molar-refractivity contribution < 1.29 is 4.74 Å². The average Bonchev–Trinajstić information content (AvgIpc) is 3.42. The maximum absolute atomic E-state index is 10.8. The van der Waals surface area contributed by atoms with Gasteiger partial charge in [-0.25, -0.2) is 4.99 Å². The van der Waals surface area contributed by atoms with Gasteiger partial charge < -0.3 is 4.74 Å². The van der Waals surface area contributed by atoms with Gasteiger partial charge in [-0.2, -0.15) is 5.26 Å². The molecule has 0 fully saturated rings. The highest BCUT2D eigenvalue weighted by molar-refractivity contribution is 5.88. The number of hydrogen-bond acceptors (Lipinski definition) is 3. The van der Waals surface area contributed by atoms with E-state index < -0.39 is 5.41 Å². The van der Waals surface area contributed by atoms with Gasteiger partial charge in [0.25, 0.3) is 0 Å². The highest BCUT2D eigenvalue weighted by atomic mass is 16.5. The summed E-state index contributed by atoms with van der Waals surface area (Å²) in [6.45, 7) is 13.3. The summed E-state index contributed by atoms with van der Waals surface area (Å²) in [5, 5.41) is 10.8. The maximum Gasteiger partial charge on any atom is 0.206 e. The zero-order valence-corrected chi connectivity index (χ0v) is 23.0. The molecule has 0 spiro atoms. The predicted octanol–water partition coefficient (Wildman–Crippen LogP) is 7.67. The van der Waals surface area contributed by atoms with Gasteiger partial charge in [0, 0.05) is 19.3 Å². The Morgan fingerprint density at radius 2 is 1.30 bits per heavy atom. The van der Waals surface area contributed by atoms with Gasteiger partial charge in [-0.15, -0.1) is 0 Å². The number of ether oxygens (including phenoxy) is 1. The molecule has 0 saturated carbocycles. The number of nitriles is 1. The molecule has 2 aliphatic rings. The minimum atomic E-state index is -0.869. The second-order valence-electron chi connectivity index (χ2n) is 12.9. The Bertz CT molecular complexity index is 1290. The van der Waals surface area contributed by atoms with E-state index in [1.807, 2.05) is 0 Å². The molecule has 3 nitrogen and oxygen atoms in total. The summed E-state index contributed by atoms with van der Waals surface area (Å²) in [5.74, 6) is 0.597. The summed E-state index contributed by atoms with van der Waals surface area (Å²) in [7, 11) is 0. The Morgan fingerprint density at radius 3 is 1.78 bits per heavy atom. The number of benzene rings is 3. The van der Waals surface area contributed by atoms with E-state index in [0.717, 1.165) is 17.5 Å². The van der Waals surface area contributed by atoms with E-state index in [0.29, 0.717) is 18.7 Å². The summed E-state index contributed by atoms with van der Waals surface area (Å²) >= 11 is 0. The fourth-order valence-electron chi connectivity index (χ4n) is 5.62. The van der Waals surface area contributed by atoms with Crippen LogP contribution < -0.4 is 0 Å². The molecule has 0 radical (unpaired) electrons. The highest BCUT2D eigenvalue weighted by Crippen LogP contribution is 2.44. The second kappa shape index (κ2) is 9.18. The zero-order chi connectivity index (χ0) is 26.4. The summed E-state index contributed by atoms with van der Waals surface area (Å²) in [5.41, 5.74) is 6.68. The minimum absolute atomic E-state index is 0.0216. The van der Waals surface area contributed by atoms with E-state index in [4.69, 9.17) is 9.73 Å². The van der Waals surface area contributed by atoms with Crippen molar-refractivity contribution in [2.75, 3.05) is 0 Å². The molecule has 0 bridgehead atoms. The highest BCUT2D eigenvalue weighted by Gasteiger charge is 2.47. The van der Waals surface area contributed by atoms with Crippen LogP contribution in [0.1, 0.15) is 81.0 Å². The van der Waals surface area contributed by atoms with Crippen LogP contribution in [-0.2, 0) is 34.8 Å². The van der Waals surface area contributed by atoms with Gasteiger partial charge in [0.05, 0.1) is 6.07 Å². The SMILES string of the molecule is CC(C)(C)c1ccc(CC(C#N)(Cc2ccc(C(C)(C)C)cc2)C2=N[C@H]3c4ccccc4C[C@H]3O2)cc1. The van der Waals surface area contributed by atoms with E-state index in [2.05, 4.69) is 120 Å². The second-order valence-corrected chi connectivity index (χ2v) is 12.9. The molecule has 3 heteroatoms. The molecule has 1 aliphatic heterocycles. The summed E-state index contributed by atoms with van der Waals surface area (Å²) in [4.78, 5) is 5.11. The normalized spacial score (nSPS) is 19.0. The van der Waals surface area contributed by atoms with Crippen molar-refractivity contribution in [3.63, 3.8) is 0 Å². The molecule has 190 valence electrons. The van der Waals surface area contributed by atoms with Crippen LogP contribution >= 0.6 is 0 Å². The zero-order valence-electron chi connectivity index (χ0n) is 23.0. The molecule has 2 atom stereocenters. The molecule has 3 aromatic rings. The number of nitrogens with zero attached hydrogens (tertiary/aromatic N) is 2. The largest absolute Gasteiger partial charge is 0.473 e. The van der Waals surface area contributed by atoms with Crippen LogP contribution in [0.15, 0.2) is 77.8 Å². The van der Waals surface area contributed by atoms with Crippen molar-refractivity contribution in [1.29, 1.82) is 5.26 Å². The van der Waals surface area contributed by atoms with Gasteiger partial charge in [-0.3, -0.25) is 0 Å². The molecule has 0 aromatic heterocycles. The van der Waals surface area contributed by atoms with Crippen LogP contribution in [0.25, 0.3) is 0 Å². The first-order valence-electron chi connectivity index (χ1n) is 13.4. The lowest BCUT2D eigenvalue weighted by Crippen LogP contribution is -2.36. The van der Waals surface area contributed by atoms with Crippen molar-refractivity contribution in [2.45, 2.75) is 83.8 Å². The predicted molar refractivity (Wildman–Crippen MR) is 151 cm³/mol. The molecule has 1 aliphatic carbocycles. The topological polar surface area (TPSA) is 45.4 Å². The summed E-state index contributed by atoms with van der Waals surface area (Å²) in [6.07, 6.45) is 1.95. The Kier molecular flexibility index (Phi) is 6.27. The third-order valence-corrected chi connectivity index (χ3v) is 7.94. The van der Waals surface area contributed by atoms with Crippen LogP contribution in [0.3, 0.4) is 0 Å². The Hall–Kier alpha value is -3.38. The van der Waals surface area contributed by atoms with Gasteiger partial charge in [-0.05, 0) is 44.2 Å². The molecule has 0 unspecified atom stereocenters. The van der Waals surface area contributed by atoms with Crippen molar-refractivity contribution in [1.82, 2.24) is 0 Å². The fourth-order valence-corrected chi connectivity index (χ4v) is 5.62. The van der Waals surface area contributed by atoms with E-state index in [9.17, 15) is 5.26 Å². The van der Waals surface area contributed by atoms with Crippen LogP contribution in [0, 0.1) is 16.7 Å². The van der Waals surface area contributed by atoms with Crippen molar-refractivity contribution in [3.8, 4) is 6.07 Å². The number of aliphatic imine (C=N–C) groups is 1. The van der Waals surface area contributed by atoms with Crippen LogP contribution in [0.2, 0.25) is 0 Å². The van der Waals surface area contributed by atoms with E-state index in [-0.39, 0.29) is 23.0 Å². The molecule has 0 amide bonds. The lowest BCUT2D eigenvalue weighted by Gasteiger charge is -2.28. The maximum atomic E-state index is 10.8. The van der Waals surface area contributed by atoms with Crippen LogP contribution in [-0.4, -0.2) is 12.0 Å². The molecule has 0 N–H and O–H groups in total. The molecule has 5 rings (SSSR count). The van der Waals surface area contributed by atoms with Gasteiger partial charge >= 0.3 is 0 Å². The number of rotatable bonds is 5. The minimum Gasteiger partial charge on any atom is -0.473 e. The first-order valence-corrected chi connectivity index (χ1v) is 13.4. The molecule has 3 aromatic carbocycles. The average molecular weight is 491 g/mol. The quantitative estimate of drug-likeness (QED) is 0.368. The third-order valence-electron chi connectivity index (χ3n) is 7.94. The van der Waals surface area contributed by atoms with Crippen molar-refractivity contribution in [3.05, 3.63) is 106 Å². The van der Waals surface area contributed by atoms with Gasteiger partial charge in [0.15, 0.2) is 0 Å². The van der Waals surface area contributed by atoms with E-state index in [1.54, 1.807) is 0 Å². The Labute approximate surface area is 222 Å². The smallest absolute Gasteiger partial charge is 0.206 e. The lowest BCUT2D eigenvalue weighted by atomic mass is 9.76.